The predicted octanol–water partition coefficient (Wildman–Crippen LogP) is 2.34. The van der Waals surface area contributed by atoms with Gasteiger partial charge in [-0.2, -0.15) is 10.4 Å². The monoisotopic (exact) mass is 207 g/mol. The molecule has 1 aliphatic rings. The van der Waals surface area contributed by atoms with Crippen LogP contribution in [0.2, 0.25) is 0 Å². The van der Waals surface area contributed by atoms with Crippen molar-refractivity contribution >= 4 is 17.0 Å². The van der Waals surface area contributed by atoms with Crippen LogP contribution in [0.4, 0.5) is 0 Å². The van der Waals surface area contributed by atoms with Crippen LogP contribution in [-0.2, 0) is 0 Å². The summed E-state index contributed by atoms with van der Waals surface area (Å²) in [4.78, 5) is 0. The third-order valence-corrected chi connectivity index (χ3v) is 2.80. The van der Waals surface area contributed by atoms with Crippen LogP contribution in [0.5, 0.6) is 0 Å². The van der Waals surface area contributed by atoms with E-state index in [0.717, 1.165) is 16.5 Å². The van der Waals surface area contributed by atoms with Crippen molar-refractivity contribution in [1.29, 1.82) is 5.26 Å². The molecule has 0 fully saturated rings. The fraction of sp³-hybridized carbons (Fsp3) is 0.0769. The number of fused-ring (bicyclic) bond motifs is 2. The van der Waals surface area contributed by atoms with E-state index in [1.807, 2.05) is 12.1 Å². The summed E-state index contributed by atoms with van der Waals surface area (Å²) >= 11 is 0. The third-order valence-electron chi connectivity index (χ3n) is 2.80. The molecule has 1 aliphatic heterocycles. The van der Waals surface area contributed by atoms with Crippen LogP contribution >= 0.6 is 0 Å². The Bertz CT molecular complexity index is 623. The van der Waals surface area contributed by atoms with E-state index in [1.54, 1.807) is 6.21 Å². The molecule has 0 amide bonds. The SMILES string of the molecule is N#CC1NN=Cc2cc3ccccc3cc21. The lowest BCUT2D eigenvalue weighted by Crippen LogP contribution is -2.20. The lowest BCUT2D eigenvalue weighted by atomic mass is 9.96. The molecule has 1 N–H and O–H groups in total. The Morgan fingerprint density at radius 2 is 1.94 bits per heavy atom. The molecular weight excluding hydrogens is 198 g/mol. The number of hydrogen-bond donors (Lipinski definition) is 1. The van der Waals surface area contributed by atoms with Gasteiger partial charge in [-0.15, -0.1) is 0 Å². The highest BCUT2D eigenvalue weighted by molar-refractivity contribution is 5.93. The van der Waals surface area contributed by atoms with Gasteiger partial charge in [-0.05, 0) is 28.5 Å². The van der Waals surface area contributed by atoms with Crippen molar-refractivity contribution in [1.82, 2.24) is 5.43 Å². The molecule has 1 atom stereocenters. The molecule has 16 heavy (non-hydrogen) atoms. The molecule has 1 heterocycles. The number of hydrogen-bond acceptors (Lipinski definition) is 3. The molecule has 0 aromatic heterocycles. The van der Waals surface area contributed by atoms with Gasteiger partial charge < -0.3 is 0 Å². The second-order valence-corrected chi connectivity index (χ2v) is 3.78. The quantitative estimate of drug-likeness (QED) is 0.720. The predicted molar refractivity (Wildman–Crippen MR) is 63.0 cm³/mol. The molecule has 0 radical (unpaired) electrons. The van der Waals surface area contributed by atoms with E-state index in [1.165, 1.54) is 5.39 Å². The first kappa shape index (κ1) is 8.93. The molecule has 0 saturated heterocycles. The minimum atomic E-state index is -0.343. The number of nitrogens with one attached hydrogen (secondary N) is 1. The highest BCUT2D eigenvalue weighted by atomic mass is 15.3. The number of nitriles is 1. The Morgan fingerprint density at radius 3 is 2.69 bits per heavy atom. The van der Waals surface area contributed by atoms with E-state index in [2.05, 4.69) is 40.9 Å². The van der Waals surface area contributed by atoms with Crippen LogP contribution < -0.4 is 5.43 Å². The third kappa shape index (κ3) is 1.24. The number of rotatable bonds is 0. The fourth-order valence-electron chi connectivity index (χ4n) is 1.99. The van der Waals surface area contributed by atoms with Gasteiger partial charge in [0.25, 0.3) is 0 Å². The number of hydrazone groups is 1. The normalized spacial score (nSPS) is 17.6. The lowest BCUT2D eigenvalue weighted by molar-refractivity contribution is 0.661. The average Bonchev–Trinajstić information content (AvgIpc) is 2.35. The molecule has 0 spiro atoms. The van der Waals surface area contributed by atoms with Gasteiger partial charge in [-0.25, -0.2) is 0 Å². The first-order chi connectivity index (χ1) is 7.88. The van der Waals surface area contributed by atoms with Gasteiger partial charge in [0, 0.05) is 5.56 Å². The summed E-state index contributed by atoms with van der Waals surface area (Å²) in [5.74, 6) is 0. The van der Waals surface area contributed by atoms with Crippen molar-refractivity contribution in [2.24, 2.45) is 5.10 Å². The van der Waals surface area contributed by atoms with Gasteiger partial charge >= 0.3 is 0 Å². The summed E-state index contributed by atoms with van der Waals surface area (Å²) in [7, 11) is 0. The Hall–Kier alpha value is -2.34. The van der Waals surface area contributed by atoms with Crippen molar-refractivity contribution in [3.8, 4) is 6.07 Å². The van der Waals surface area contributed by atoms with Gasteiger partial charge in [0.15, 0.2) is 6.04 Å². The van der Waals surface area contributed by atoms with Crippen LogP contribution in [0.1, 0.15) is 17.2 Å². The Balaban J connectivity index is 2.31. The molecule has 0 saturated carbocycles. The van der Waals surface area contributed by atoms with Crippen molar-refractivity contribution in [2.75, 3.05) is 0 Å². The zero-order chi connectivity index (χ0) is 11.0. The van der Waals surface area contributed by atoms with E-state index >= 15 is 0 Å². The summed E-state index contributed by atoms with van der Waals surface area (Å²) < 4.78 is 0. The molecule has 3 nitrogen and oxygen atoms in total. The molecule has 1 unspecified atom stereocenters. The zero-order valence-electron chi connectivity index (χ0n) is 8.51. The average molecular weight is 207 g/mol. The van der Waals surface area contributed by atoms with Gasteiger partial charge in [0.1, 0.15) is 0 Å². The first-order valence-electron chi connectivity index (χ1n) is 5.09. The smallest absolute Gasteiger partial charge is 0.156 e. The second-order valence-electron chi connectivity index (χ2n) is 3.78. The molecular formula is C13H9N3. The molecule has 3 heteroatoms. The summed E-state index contributed by atoms with van der Waals surface area (Å²) in [6, 6.07) is 14.1. The second kappa shape index (κ2) is 3.35. The first-order valence-corrected chi connectivity index (χ1v) is 5.09. The van der Waals surface area contributed by atoms with E-state index in [9.17, 15) is 0 Å². The van der Waals surface area contributed by atoms with Gasteiger partial charge in [-0.1, -0.05) is 24.3 Å². The van der Waals surface area contributed by atoms with Crippen LogP contribution in [0.25, 0.3) is 10.8 Å². The van der Waals surface area contributed by atoms with E-state index in [4.69, 9.17) is 5.26 Å². The van der Waals surface area contributed by atoms with E-state index < -0.39 is 0 Å². The van der Waals surface area contributed by atoms with Crippen LogP contribution in [0.3, 0.4) is 0 Å². The van der Waals surface area contributed by atoms with Gasteiger partial charge in [-0.3, -0.25) is 5.43 Å². The highest BCUT2D eigenvalue weighted by Gasteiger charge is 2.17. The molecule has 0 aliphatic carbocycles. The Kier molecular flexibility index (Phi) is 1.87. The van der Waals surface area contributed by atoms with Crippen LogP contribution in [0.15, 0.2) is 41.5 Å². The maximum Gasteiger partial charge on any atom is 0.156 e. The molecule has 3 rings (SSSR count). The van der Waals surface area contributed by atoms with Crippen molar-refractivity contribution < 1.29 is 0 Å². The fourth-order valence-corrected chi connectivity index (χ4v) is 1.99. The van der Waals surface area contributed by atoms with Crippen LogP contribution in [-0.4, -0.2) is 6.21 Å². The maximum atomic E-state index is 9.02. The van der Waals surface area contributed by atoms with Crippen molar-refractivity contribution in [2.45, 2.75) is 6.04 Å². The largest absolute Gasteiger partial charge is 0.288 e. The van der Waals surface area contributed by atoms with Crippen molar-refractivity contribution in [3.63, 3.8) is 0 Å². The lowest BCUT2D eigenvalue weighted by Gasteiger charge is -2.17. The minimum absolute atomic E-state index is 0.343. The maximum absolute atomic E-state index is 9.02. The zero-order valence-corrected chi connectivity index (χ0v) is 8.51. The topological polar surface area (TPSA) is 48.2 Å². The van der Waals surface area contributed by atoms with E-state index in [0.29, 0.717) is 0 Å². The Morgan fingerprint density at radius 1 is 1.19 bits per heavy atom. The summed E-state index contributed by atoms with van der Waals surface area (Å²) in [5.41, 5.74) is 4.81. The summed E-state index contributed by atoms with van der Waals surface area (Å²) in [6.45, 7) is 0. The Labute approximate surface area is 93.0 Å². The van der Waals surface area contributed by atoms with E-state index in [-0.39, 0.29) is 6.04 Å². The van der Waals surface area contributed by atoms with Crippen LogP contribution in [0, 0.1) is 11.3 Å². The molecule has 2 aromatic carbocycles. The standard InChI is InChI=1S/C13H9N3/c14-7-13-12-6-10-4-2-1-3-9(10)5-11(12)8-15-16-13/h1-6,8,13,16H. The highest BCUT2D eigenvalue weighted by Crippen LogP contribution is 2.25. The molecule has 0 bridgehead atoms. The number of benzene rings is 2. The number of nitrogens with zero attached hydrogens (tertiary/aromatic N) is 2. The van der Waals surface area contributed by atoms with Gasteiger partial charge in [0.05, 0.1) is 12.3 Å². The summed E-state index contributed by atoms with van der Waals surface area (Å²) in [6.07, 6.45) is 1.76. The molecule has 76 valence electrons. The summed E-state index contributed by atoms with van der Waals surface area (Å²) in [5, 5.41) is 15.3. The van der Waals surface area contributed by atoms with Crippen molar-refractivity contribution in [3.05, 3.63) is 47.5 Å². The minimum Gasteiger partial charge on any atom is -0.288 e. The van der Waals surface area contributed by atoms with Gasteiger partial charge in [0.2, 0.25) is 0 Å². The molecule has 2 aromatic rings.